The Hall–Kier alpha value is -0.610. The summed E-state index contributed by atoms with van der Waals surface area (Å²) < 4.78 is 0. The van der Waals surface area contributed by atoms with Crippen molar-refractivity contribution < 1.29 is 9.90 Å². The molecule has 0 aromatic rings. The molecule has 1 N–H and O–H groups in total. The van der Waals surface area contributed by atoms with Gasteiger partial charge in [-0.3, -0.25) is 4.79 Å². The third-order valence-corrected chi connectivity index (χ3v) is 3.06. The number of carboxylic acid groups (broad SMARTS) is 1. The van der Waals surface area contributed by atoms with Crippen LogP contribution in [-0.4, -0.2) is 60.1 Å². The van der Waals surface area contributed by atoms with Gasteiger partial charge >= 0.3 is 5.97 Å². The number of likely N-dealkylation sites (N-methyl/N-ethyl adjacent to an activating group) is 2. The summed E-state index contributed by atoms with van der Waals surface area (Å²) >= 11 is 0. The van der Waals surface area contributed by atoms with Crippen molar-refractivity contribution in [3.8, 4) is 0 Å². The summed E-state index contributed by atoms with van der Waals surface area (Å²) in [5, 5.41) is 9.03. The molecule has 0 aromatic carbocycles. The third-order valence-electron chi connectivity index (χ3n) is 3.06. The van der Waals surface area contributed by atoms with Crippen LogP contribution in [0.15, 0.2) is 0 Å². The predicted octanol–water partition coefficient (Wildman–Crippen LogP) is 0.343. The van der Waals surface area contributed by atoms with Crippen molar-refractivity contribution in [1.82, 2.24) is 9.80 Å². The molecule has 0 aliphatic carbocycles. The largest absolute Gasteiger partial charge is 0.481 e. The average molecular weight is 200 g/mol. The van der Waals surface area contributed by atoms with E-state index in [1.54, 1.807) is 0 Å². The van der Waals surface area contributed by atoms with Crippen LogP contribution in [0.5, 0.6) is 0 Å². The Bertz CT molecular complexity index is 208. The first-order valence-corrected chi connectivity index (χ1v) is 5.20. The summed E-state index contributed by atoms with van der Waals surface area (Å²) in [5.41, 5.74) is 0. The van der Waals surface area contributed by atoms with Gasteiger partial charge in [0.05, 0.1) is 5.92 Å². The highest BCUT2D eigenvalue weighted by atomic mass is 16.4. The summed E-state index contributed by atoms with van der Waals surface area (Å²) in [4.78, 5) is 15.3. The molecule has 14 heavy (non-hydrogen) atoms. The molecule has 0 radical (unpaired) electrons. The van der Waals surface area contributed by atoms with E-state index in [0.717, 1.165) is 13.1 Å². The topological polar surface area (TPSA) is 43.8 Å². The lowest BCUT2D eigenvalue weighted by Crippen LogP contribution is -2.36. The van der Waals surface area contributed by atoms with Gasteiger partial charge in [-0.25, -0.2) is 0 Å². The molecule has 1 heterocycles. The van der Waals surface area contributed by atoms with E-state index in [1.807, 2.05) is 7.05 Å². The van der Waals surface area contributed by atoms with Crippen LogP contribution in [0.25, 0.3) is 0 Å². The Balaban J connectivity index is 2.68. The van der Waals surface area contributed by atoms with Crippen molar-refractivity contribution in [3.63, 3.8) is 0 Å². The highest BCUT2D eigenvalue weighted by Gasteiger charge is 2.28. The second kappa shape index (κ2) is 4.75. The summed E-state index contributed by atoms with van der Waals surface area (Å²) in [5.74, 6) is -0.922. The highest BCUT2D eigenvalue weighted by Crippen LogP contribution is 2.12. The zero-order chi connectivity index (χ0) is 10.7. The van der Waals surface area contributed by atoms with Crippen molar-refractivity contribution in [2.75, 3.05) is 33.2 Å². The van der Waals surface area contributed by atoms with E-state index >= 15 is 0 Å². The van der Waals surface area contributed by atoms with Crippen LogP contribution in [0.4, 0.5) is 0 Å². The number of carboxylic acids is 1. The lowest BCUT2D eigenvalue weighted by molar-refractivity contribution is -0.142. The predicted molar refractivity (Wildman–Crippen MR) is 55.3 cm³/mol. The van der Waals surface area contributed by atoms with Crippen molar-refractivity contribution in [3.05, 3.63) is 0 Å². The minimum atomic E-state index is -0.676. The van der Waals surface area contributed by atoms with E-state index < -0.39 is 5.97 Å². The summed E-state index contributed by atoms with van der Waals surface area (Å²) in [6.07, 6.45) is 0. The quantitative estimate of drug-likeness (QED) is 0.698. The van der Waals surface area contributed by atoms with Crippen LogP contribution in [0.2, 0.25) is 0 Å². The molecule has 0 bridgehead atoms. The van der Waals surface area contributed by atoms with E-state index in [0.29, 0.717) is 19.1 Å². The van der Waals surface area contributed by atoms with Gasteiger partial charge in [-0.2, -0.15) is 0 Å². The Kier molecular flexibility index (Phi) is 3.89. The molecule has 0 saturated carbocycles. The molecule has 4 heteroatoms. The molecule has 2 atom stereocenters. The monoisotopic (exact) mass is 200 g/mol. The fraction of sp³-hybridized carbons (Fsp3) is 0.900. The van der Waals surface area contributed by atoms with Crippen molar-refractivity contribution >= 4 is 5.97 Å². The van der Waals surface area contributed by atoms with E-state index in [9.17, 15) is 4.79 Å². The summed E-state index contributed by atoms with van der Waals surface area (Å²) in [6.45, 7) is 7.47. The molecule has 1 rings (SSSR count). The maximum Gasteiger partial charge on any atom is 0.309 e. The molecule has 0 spiro atoms. The number of aliphatic carboxylic acids is 1. The average Bonchev–Trinajstić information content (AvgIpc) is 2.27. The Morgan fingerprint density at radius 3 is 2.57 bits per heavy atom. The van der Waals surface area contributed by atoms with Gasteiger partial charge in [-0.15, -0.1) is 0 Å². The van der Waals surface area contributed by atoms with Crippen LogP contribution in [0, 0.1) is 5.92 Å². The Morgan fingerprint density at radius 1 is 1.43 bits per heavy atom. The molecular weight excluding hydrogens is 180 g/mol. The van der Waals surface area contributed by atoms with Gasteiger partial charge < -0.3 is 14.9 Å². The first kappa shape index (κ1) is 11.5. The third kappa shape index (κ3) is 2.69. The van der Waals surface area contributed by atoms with Gasteiger partial charge in [0.25, 0.3) is 0 Å². The minimum absolute atomic E-state index is 0.245. The minimum Gasteiger partial charge on any atom is -0.481 e. The maximum absolute atomic E-state index is 11.0. The molecule has 1 saturated heterocycles. The van der Waals surface area contributed by atoms with Crippen LogP contribution in [0.1, 0.15) is 13.8 Å². The van der Waals surface area contributed by atoms with Gasteiger partial charge in [0.15, 0.2) is 0 Å². The lowest BCUT2D eigenvalue weighted by Gasteiger charge is -2.24. The smallest absolute Gasteiger partial charge is 0.309 e. The Morgan fingerprint density at radius 2 is 2.07 bits per heavy atom. The molecule has 1 fully saturated rings. The van der Waals surface area contributed by atoms with Crippen LogP contribution in [-0.2, 0) is 4.79 Å². The van der Waals surface area contributed by atoms with Gasteiger partial charge in [0.1, 0.15) is 0 Å². The zero-order valence-corrected chi connectivity index (χ0v) is 9.23. The van der Waals surface area contributed by atoms with Gasteiger partial charge in [0, 0.05) is 25.7 Å². The standard InChI is InChI=1S/C10H20N2O2/c1-4-12-5-8(2)11(3)6-9(7-12)10(13)14/h8-9H,4-7H2,1-3H3,(H,13,14). The second-order valence-corrected chi connectivity index (χ2v) is 4.18. The van der Waals surface area contributed by atoms with E-state index in [4.69, 9.17) is 5.11 Å². The summed E-state index contributed by atoms with van der Waals surface area (Å²) in [7, 11) is 2.00. The second-order valence-electron chi connectivity index (χ2n) is 4.18. The molecule has 0 amide bonds. The van der Waals surface area contributed by atoms with Crippen LogP contribution < -0.4 is 0 Å². The fourth-order valence-corrected chi connectivity index (χ4v) is 1.90. The van der Waals surface area contributed by atoms with Crippen LogP contribution in [0.3, 0.4) is 0 Å². The first-order chi connectivity index (χ1) is 6.54. The van der Waals surface area contributed by atoms with Crippen LogP contribution >= 0.6 is 0 Å². The van der Waals surface area contributed by atoms with E-state index in [1.165, 1.54) is 0 Å². The number of carbonyl (C=O) groups is 1. The maximum atomic E-state index is 11.0. The van der Waals surface area contributed by atoms with Gasteiger partial charge in [-0.1, -0.05) is 6.92 Å². The molecular formula is C10H20N2O2. The zero-order valence-electron chi connectivity index (χ0n) is 9.23. The van der Waals surface area contributed by atoms with Crippen molar-refractivity contribution in [2.24, 2.45) is 5.92 Å². The van der Waals surface area contributed by atoms with E-state index in [-0.39, 0.29) is 5.92 Å². The van der Waals surface area contributed by atoms with Crippen molar-refractivity contribution in [2.45, 2.75) is 19.9 Å². The SMILES string of the molecule is CCN1CC(C(=O)O)CN(C)C(C)C1. The fourth-order valence-electron chi connectivity index (χ4n) is 1.90. The Labute approximate surface area is 85.5 Å². The molecule has 4 nitrogen and oxygen atoms in total. The summed E-state index contributed by atoms with van der Waals surface area (Å²) in [6, 6.07) is 0.444. The lowest BCUT2D eigenvalue weighted by atomic mass is 10.1. The molecule has 2 unspecified atom stereocenters. The molecule has 0 aromatic heterocycles. The molecule has 1 aliphatic heterocycles. The number of hydrogen-bond acceptors (Lipinski definition) is 3. The van der Waals surface area contributed by atoms with Gasteiger partial charge in [-0.05, 0) is 20.5 Å². The highest BCUT2D eigenvalue weighted by molar-refractivity contribution is 5.70. The molecule has 1 aliphatic rings. The molecule has 82 valence electrons. The number of hydrogen-bond donors (Lipinski definition) is 1. The first-order valence-electron chi connectivity index (χ1n) is 5.20. The number of nitrogens with zero attached hydrogens (tertiary/aromatic N) is 2. The van der Waals surface area contributed by atoms with Gasteiger partial charge in [0.2, 0.25) is 0 Å². The van der Waals surface area contributed by atoms with E-state index in [2.05, 4.69) is 23.6 Å². The normalized spacial score (nSPS) is 31.4. The van der Waals surface area contributed by atoms with Crippen molar-refractivity contribution in [1.29, 1.82) is 0 Å². The number of rotatable bonds is 2.